The topological polar surface area (TPSA) is 210 Å². The molecular weight excluding hydrogens is 532 g/mol. The van der Waals surface area contributed by atoms with Crippen molar-refractivity contribution in [2.24, 2.45) is 0 Å². The molecule has 40 heavy (non-hydrogen) atoms. The van der Waals surface area contributed by atoms with E-state index >= 15 is 0 Å². The zero-order valence-corrected chi connectivity index (χ0v) is 21.4. The van der Waals surface area contributed by atoms with Crippen LogP contribution in [0.15, 0.2) is 42.5 Å². The molecule has 2 aromatic rings. The average Bonchev–Trinajstić information content (AvgIpc) is 2.90. The molecule has 1 saturated carbocycles. The van der Waals surface area contributed by atoms with Crippen molar-refractivity contribution in [3.8, 4) is 28.7 Å². The quantitative estimate of drug-likeness (QED) is 0.145. The Labute approximate surface area is 227 Å². The molecule has 0 aromatic heterocycles. The Morgan fingerprint density at radius 1 is 0.850 bits per heavy atom. The van der Waals surface area contributed by atoms with Crippen LogP contribution in [0.3, 0.4) is 0 Å². The number of hydrogen-bond acceptors (Lipinski definition) is 12. The molecule has 1 aliphatic carbocycles. The molecule has 1 fully saturated rings. The lowest BCUT2D eigenvalue weighted by Gasteiger charge is -2.40. The molecule has 13 nitrogen and oxygen atoms in total. The highest BCUT2D eigenvalue weighted by molar-refractivity contribution is 5.88. The number of carboxylic acid groups (broad SMARTS) is 1. The second kappa shape index (κ2) is 12.4. The maximum Gasteiger partial charge on any atom is 0.335 e. The van der Waals surface area contributed by atoms with Gasteiger partial charge in [-0.25, -0.2) is 14.4 Å². The first-order valence-electron chi connectivity index (χ1n) is 11.7. The van der Waals surface area contributed by atoms with E-state index in [4.69, 9.17) is 18.9 Å². The number of phenols is 3. The zero-order chi connectivity index (χ0) is 29.6. The first-order valence-corrected chi connectivity index (χ1v) is 11.7. The molecular formula is C27H28O13. The number of phenolic OH excluding ortho intramolecular Hbond substituents is 3. The standard InChI is InChI=1S/C27H28O13/c1-37-19-10-15(11-20(38-2)24(19)33)5-8-23(32)40-25-18(30)12-27(36,26(34)35)13-21(25)39-22(31)7-4-14-3-6-16(28)17(29)9-14/h3-11,18,21,25,28-30,33,36H,12-13H2,1-2H3,(H,34,35)/t18-,21-,25-,27+/m1/s1. The van der Waals surface area contributed by atoms with Gasteiger partial charge in [-0.05, 0) is 47.5 Å². The lowest BCUT2D eigenvalue weighted by molar-refractivity contribution is -0.204. The first-order chi connectivity index (χ1) is 18.9. The van der Waals surface area contributed by atoms with Crippen LogP contribution in [0.5, 0.6) is 28.7 Å². The minimum absolute atomic E-state index is 0.0746. The van der Waals surface area contributed by atoms with Crippen LogP contribution in [0.25, 0.3) is 12.2 Å². The van der Waals surface area contributed by atoms with Crippen molar-refractivity contribution in [2.45, 2.75) is 36.8 Å². The fourth-order valence-electron chi connectivity index (χ4n) is 4.02. The summed E-state index contributed by atoms with van der Waals surface area (Å²) in [5.41, 5.74) is -1.77. The third-order valence-electron chi connectivity index (χ3n) is 6.07. The van der Waals surface area contributed by atoms with E-state index in [1.54, 1.807) is 0 Å². The van der Waals surface area contributed by atoms with Crippen LogP contribution in [-0.2, 0) is 23.9 Å². The second-order valence-electron chi connectivity index (χ2n) is 8.88. The van der Waals surface area contributed by atoms with Gasteiger partial charge in [0.1, 0.15) is 6.10 Å². The monoisotopic (exact) mass is 560 g/mol. The Bertz CT molecular complexity index is 1310. The number of aliphatic hydroxyl groups is 2. The smallest absolute Gasteiger partial charge is 0.335 e. The van der Waals surface area contributed by atoms with Gasteiger partial charge in [-0.2, -0.15) is 0 Å². The number of methoxy groups -OCH3 is 2. The van der Waals surface area contributed by atoms with Crippen molar-refractivity contribution in [3.05, 3.63) is 53.6 Å². The zero-order valence-electron chi connectivity index (χ0n) is 21.4. The SMILES string of the molecule is COc1cc(C=CC(=O)O[C@@H]2[C@H](O)C[C@@](O)(C(=O)O)C[C@H]2OC(=O)C=Cc2ccc(O)c(O)c2)cc(OC)c1O. The number of aliphatic carboxylic acids is 1. The summed E-state index contributed by atoms with van der Waals surface area (Å²) in [5, 5.41) is 59.5. The molecule has 0 saturated heterocycles. The van der Waals surface area contributed by atoms with Gasteiger partial charge in [-0.15, -0.1) is 0 Å². The maximum atomic E-state index is 12.6. The van der Waals surface area contributed by atoms with Gasteiger partial charge in [-0.3, -0.25) is 0 Å². The molecule has 1 aliphatic rings. The molecule has 0 amide bonds. The van der Waals surface area contributed by atoms with Crippen molar-refractivity contribution in [1.82, 2.24) is 0 Å². The molecule has 0 bridgehead atoms. The summed E-state index contributed by atoms with van der Waals surface area (Å²) in [5.74, 6) is -4.58. The molecule has 0 radical (unpaired) electrons. The van der Waals surface area contributed by atoms with Gasteiger partial charge >= 0.3 is 17.9 Å². The maximum absolute atomic E-state index is 12.6. The van der Waals surface area contributed by atoms with Crippen LogP contribution < -0.4 is 9.47 Å². The highest BCUT2D eigenvalue weighted by Crippen LogP contribution is 2.37. The van der Waals surface area contributed by atoms with Crippen molar-refractivity contribution in [1.29, 1.82) is 0 Å². The number of benzene rings is 2. The number of esters is 2. The Balaban J connectivity index is 1.78. The van der Waals surface area contributed by atoms with Crippen molar-refractivity contribution in [3.63, 3.8) is 0 Å². The average molecular weight is 561 g/mol. The predicted octanol–water partition coefficient (Wildman–Crippen LogP) is 1.34. The summed E-state index contributed by atoms with van der Waals surface area (Å²) >= 11 is 0. The van der Waals surface area contributed by atoms with Crippen molar-refractivity contribution < 1.29 is 64.0 Å². The Kier molecular flexibility index (Phi) is 9.24. The molecule has 3 rings (SSSR count). The number of carboxylic acids is 1. The van der Waals surface area contributed by atoms with E-state index < -0.39 is 60.4 Å². The Hall–Kier alpha value is -4.75. The van der Waals surface area contributed by atoms with Gasteiger partial charge < -0.3 is 49.6 Å². The van der Waals surface area contributed by atoms with Gasteiger partial charge in [0, 0.05) is 25.0 Å². The van der Waals surface area contributed by atoms with E-state index in [0.29, 0.717) is 11.1 Å². The molecule has 6 N–H and O–H groups in total. The Morgan fingerprint density at radius 2 is 1.43 bits per heavy atom. The number of carbonyl (C=O) groups is 3. The van der Waals surface area contributed by atoms with E-state index in [0.717, 1.165) is 12.2 Å². The van der Waals surface area contributed by atoms with E-state index in [2.05, 4.69) is 0 Å². The predicted molar refractivity (Wildman–Crippen MR) is 137 cm³/mol. The number of aromatic hydroxyl groups is 3. The molecule has 2 aromatic carbocycles. The molecule has 0 unspecified atom stereocenters. The summed E-state index contributed by atoms with van der Waals surface area (Å²) < 4.78 is 20.7. The molecule has 13 heteroatoms. The largest absolute Gasteiger partial charge is 0.504 e. The highest BCUT2D eigenvalue weighted by atomic mass is 16.6. The summed E-state index contributed by atoms with van der Waals surface area (Å²) in [6.07, 6.45) is -1.75. The molecule has 0 aliphatic heterocycles. The number of carbonyl (C=O) groups excluding carboxylic acids is 2. The summed E-state index contributed by atoms with van der Waals surface area (Å²) in [6, 6.07) is 6.58. The van der Waals surface area contributed by atoms with Gasteiger partial charge in [0.15, 0.2) is 34.7 Å². The van der Waals surface area contributed by atoms with Crippen molar-refractivity contribution in [2.75, 3.05) is 14.2 Å². The van der Waals surface area contributed by atoms with Crippen LogP contribution in [0.4, 0.5) is 0 Å². The first kappa shape index (κ1) is 29.8. The fraction of sp³-hybridized carbons (Fsp3) is 0.296. The molecule has 0 heterocycles. The summed E-state index contributed by atoms with van der Waals surface area (Å²) in [6.45, 7) is 0. The third-order valence-corrected chi connectivity index (χ3v) is 6.07. The van der Waals surface area contributed by atoms with Crippen LogP contribution in [-0.4, -0.2) is 86.7 Å². The van der Waals surface area contributed by atoms with Gasteiger partial charge in [0.2, 0.25) is 5.75 Å². The van der Waals surface area contributed by atoms with Gasteiger partial charge in [-0.1, -0.05) is 6.07 Å². The minimum Gasteiger partial charge on any atom is -0.504 e. The van der Waals surface area contributed by atoms with Gasteiger partial charge in [0.05, 0.1) is 20.3 Å². The van der Waals surface area contributed by atoms with E-state index in [-0.39, 0.29) is 23.0 Å². The van der Waals surface area contributed by atoms with Crippen LogP contribution in [0.2, 0.25) is 0 Å². The summed E-state index contributed by atoms with van der Waals surface area (Å²) in [7, 11) is 2.65. The van der Waals surface area contributed by atoms with Gasteiger partial charge in [0.25, 0.3) is 0 Å². The molecule has 0 spiro atoms. The minimum atomic E-state index is -2.46. The Morgan fingerprint density at radius 3 is 1.98 bits per heavy atom. The van der Waals surface area contributed by atoms with Crippen LogP contribution in [0, 0.1) is 0 Å². The number of ether oxygens (including phenoxy) is 4. The van der Waals surface area contributed by atoms with E-state index in [1.165, 1.54) is 56.7 Å². The van der Waals surface area contributed by atoms with Crippen molar-refractivity contribution >= 4 is 30.1 Å². The highest BCUT2D eigenvalue weighted by Gasteiger charge is 2.52. The number of hydrogen-bond donors (Lipinski definition) is 6. The lowest BCUT2D eigenvalue weighted by atomic mass is 9.79. The van der Waals surface area contributed by atoms with Crippen LogP contribution in [0.1, 0.15) is 24.0 Å². The second-order valence-corrected chi connectivity index (χ2v) is 8.88. The van der Waals surface area contributed by atoms with E-state index in [9.17, 15) is 45.0 Å². The number of aliphatic hydroxyl groups excluding tert-OH is 1. The molecule has 4 atom stereocenters. The third kappa shape index (κ3) is 7.01. The number of rotatable bonds is 9. The van der Waals surface area contributed by atoms with E-state index in [1.807, 2.05) is 0 Å². The normalized spacial score (nSPS) is 22.6. The lowest BCUT2D eigenvalue weighted by Crippen LogP contribution is -2.58. The fourth-order valence-corrected chi connectivity index (χ4v) is 4.02. The summed E-state index contributed by atoms with van der Waals surface area (Å²) in [4.78, 5) is 36.7. The molecule has 214 valence electrons. The van der Waals surface area contributed by atoms with Crippen LogP contribution >= 0.6 is 0 Å².